The Labute approximate surface area is 117 Å². The molecule has 3 nitrogen and oxygen atoms in total. The number of hydrogen-bond donors (Lipinski definition) is 1. The Kier molecular flexibility index (Phi) is 5.85. The molecule has 1 unspecified atom stereocenters. The summed E-state index contributed by atoms with van der Waals surface area (Å²) in [6.07, 6.45) is 1.09. The normalized spacial score (nSPS) is 12.5. The second-order valence-corrected chi connectivity index (χ2v) is 5.89. The van der Waals surface area contributed by atoms with E-state index in [1.165, 1.54) is 0 Å². The van der Waals surface area contributed by atoms with Crippen molar-refractivity contribution < 1.29 is 0 Å². The summed E-state index contributed by atoms with van der Waals surface area (Å²) < 4.78 is 0. The molecule has 0 aliphatic heterocycles. The Morgan fingerprint density at radius 1 is 1.32 bits per heavy atom. The minimum atomic E-state index is 0.366. The monoisotopic (exact) mass is 259 g/mol. The predicted molar refractivity (Wildman–Crippen MR) is 81.3 cm³/mol. The number of aryl methyl sites for hydroxylation is 1. The van der Waals surface area contributed by atoms with E-state index in [-0.39, 0.29) is 0 Å². The van der Waals surface area contributed by atoms with Crippen LogP contribution in [-0.2, 0) is 0 Å². The van der Waals surface area contributed by atoms with E-state index in [0.717, 1.165) is 29.8 Å². The van der Waals surface area contributed by atoms with Gasteiger partial charge in [0.05, 0.1) is 11.3 Å². The third kappa shape index (κ3) is 5.32. The van der Waals surface area contributed by atoms with E-state index >= 15 is 0 Å². The van der Waals surface area contributed by atoms with Crippen LogP contribution in [0.1, 0.15) is 31.4 Å². The molecule has 1 aromatic rings. The van der Waals surface area contributed by atoms with Crippen molar-refractivity contribution in [2.24, 2.45) is 5.92 Å². The van der Waals surface area contributed by atoms with E-state index in [2.05, 4.69) is 44.2 Å². The van der Waals surface area contributed by atoms with Crippen LogP contribution in [0.15, 0.2) is 18.2 Å². The molecular formula is C16H25N3. The average molecular weight is 259 g/mol. The third-order valence-electron chi connectivity index (χ3n) is 3.00. The summed E-state index contributed by atoms with van der Waals surface area (Å²) in [4.78, 5) is 2.18. The van der Waals surface area contributed by atoms with Crippen LogP contribution >= 0.6 is 0 Å². The molecule has 0 aliphatic carbocycles. The second kappa shape index (κ2) is 7.16. The number of nitrogens with one attached hydrogen (secondary N) is 1. The van der Waals surface area contributed by atoms with Crippen LogP contribution in [0, 0.1) is 24.2 Å². The van der Waals surface area contributed by atoms with E-state index in [4.69, 9.17) is 0 Å². The highest BCUT2D eigenvalue weighted by atomic mass is 15.1. The van der Waals surface area contributed by atoms with Gasteiger partial charge in [-0.25, -0.2) is 0 Å². The number of hydrogen-bond acceptors (Lipinski definition) is 3. The van der Waals surface area contributed by atoms with Gasteiger partial charge in [-0.2, -0.15) is 5.26 Å². The summed E-state index contributed by atoms with van der Waals surface area (Å²) >= 11 is 0. The summed E-state index contributed by atoms with van der Waals surface area (Å²) in [6, 6.07) is 8.63. The van der Waals surface area contributed by atoms with E-state index in [9.17, 15) is 5.26 Å². The van der Waals surface area contributed by atoms with Crippen molar-refractivity contribution in [3.05, 3.63) is 29.3 Å². The Bertz CT molecular complexity index is 434. The van der Waals surface area contributed by atoms with Gasteiger partial charge in [-0.15, -0.1) is 0 Å². The van der Waals surface area contributed by atoms with Gasteiger partial charge in [-0.3, -0.25) is 0 Å². The molecule has 0 radical (unpaired) electrons. The molecule has 3 heteroatoms. The van der Waals surface area contributed by atoms with Crippen LogP contribution in [0.2, 0.25) is 0 Å². The minimum Gasteiger partial charge on any atom is -0.380 e. The Morgan fingerprint density at radius 3 is 2.53 bits per heavy atom. The molecule has 0 amide bonds. The molecule has 1 rings (SSSR count). The molecule has 19 heavy (non-hydrogen) atoms. The van der Waals surface area contributed by atoms with Crippen LogP contribution < -0.4 is 5.32 Å². The zero-order chi connectivity index (χ0) is 14.4. The van der Waals surface area contributed by atoms with Crippen molar-refractivity contribution in [2.45, 2.75) is 33.2 Å². The lowest BCUT2D eigenvalue weighted by molar-refractivity contribution is 0.356. The maximum atomic E-state index is 9.22. The molecule has 1 N–H and O–H groups in total. The van der Waals surface area contributed by atoms with E-state index in [1.807, 2.05) is 25.1 Å². The van der Waals surface area contributed by atoms with Crippen LogP contribution in [0.4, 0.5) is 5.69 Å². The first kappa shape index (κ1) is 15.5. The lowest BCUT2D eigenvalue weighted by atomic mass is 10.0. The number of nitrogens with zero attached hydrogens (tertiary/aromatic N) is 2. The van der Waals surface area contributed by atoms with Crippen LogP contribution in [0.25, 0.3) is 0 Å². The molecule has 1 atom stereocenters. The van der Waals surface area contributed by atoms with Gasteiger partial charge < -0.3 is 10.2 Å². The molecule has 0 spiro atoms. The second-order valence-electron chi connectivity index (χ2n) is 5.89. The molecule has 0 aliphatic rings. The van der Waals surface area contributed by atoms with E-state index < -0.39 is 0 Å². The van der Waals surface area contributed by atoms with Gasteiger partial charge in [-0.1, -0.05) is 19.9 Å². The molecular weight excluding hydrogens is 234 g/mol. The lowest BCUT2D eigenvalue weighted by Crippen LogP contribution is -2.33. The predicted octanol–water partition coefficient (Wildman–Crippen LogP) is 3.25. The molecule has 0 saturated heterocycles. The maximum absolute atomic E-state index is 9.22. The fourth-order valence-electron chi connectivity index (χ4n) is 2.29. The van der Waals surface area contributed by atoms with Crippen molar-refractivity contribution in [3.63, 3.8) is 0 Å². The highest BCUT2D eigenvalue weighted by molar-refractivity contribution is 5.59. The fraction of sp³-hybridized carbons (Fsp3) is 0.562. The Hall–Kier alpha value is -1.53. The van der Waals surface area contributed by atoms with Crippen LogP contribution in [0.3, 0.4) is 0 Å². The van der Waals surface area contributed by atoms with Crippen LogP contribution in [-0.4, -0.2) is 31.6 Å². The van der Waals surface area contributed by atoms with Gasteiger partial charge in [0.15, 0.2) is 0 Å². The summed E-state index contributed by atoms with van der Waals surface area (Å²) in [5.74, 6) is 0.633. The molecule has 1 aromatic carbocycles. The summed E-state index contributed by atoms with van der Waals surface area (Å²) in [7, 11) is 4.16. The molecule has 0 bridgehead atoms. The van der Waals surface area contributed by atoms with Crippen molar-refractivity contribution in [2.75, 3.05) is 26.0 Å². The topological polar surface area (TPSA) is 39.1 Å². The van der Waals surface area contributed by atoms with Crippen LogP contribution in [0.5, 0.6) is 0 Å². The molecule has 104 valence electrons. The summed E-state index contributed by atoms with van der Waals surface area (Å²) in [5.41, 5.74) is 2.79. The maximum Gasteiger partial charge on any atom is 0.101 e. The van der Waals surface area contributed by atoms with Gasteiger partial charge in [-0.05, 0) is 51.1 Å². The average Bonchev–Trinajstić information content (AvgIpc) is 2.29. The molecule has 0 heterocycles. The first-order valence-corrected chi connectivity index (χ1v) is 6.84. The van der Waals surface area contributed by atoms with Gasteiger partial charge in [0.1, 0.15) is 6.07 Å². The number of anilines is 1. The zero-order valence-electron chi connectivity index (χ0n) is 12.7. The first-order chi connectivity index (χ1) is 8.92. The number of likely N-dealkylation sites (N-methyl/N-ethyl adjacent to an activating group) is 1. The quantitative estimate of drug-likeness (QED) is 0.852. The highest BCUT2D eigenvalue weighted by Gasteiger charge is 2.13. The molecule has 0 fully saturated rings. The minimum absolute atomic E-state index is 0.366. The van der Waals surface area contributed by atoms with Crippen molar-refractivity contribution in [3.8, 4) is 6.07 Å². The number of nitriles is 1. The van der Waals surface area contributed by atoms with Gasteiger partial charge in [0.2, 0.25) is 0 Å². The standard InChI is InChI=1S/C16H25N3/c1-12(2)8-15(11-19(4)5)18-16-7-6-13(3)9-14(16)10-17/h6-7,9,12,15,18H,8,11H2,1-5H3. The summed E-state index contributed by atoms with van der Waals surface area (Å²) in [6.45, 7) is 7.43. The number of benzene rings is 1. The Balaban J connectivity index is 2.86. The first-order valence-electron chi connectivity index (χ1n) is 6.84. The van der Waals surface area contributed by atoms with Crippen molar-refractivity contribution in [1.82, 2.24) is 4.90 Å². The SMILES string of the molecule is Cc1ccc(NC(CC(C)C)CN(C)C)c(C#N)c1. The Morgan fingerprint density at radius 2 is 2.00 bits per heavy atom. The van der Waals surface area contributed by atoms with Crippen molar-refractivity contribution >= 4 is 5.69 Å². The zero-order valence-corrected chi connectivity index (χ0v) is 12.7. The largest absolute Gasteiger partial charge is 0.380 e. The smallest absolute Gasteiger partial charge is 0.101 e. The summed E-state index contributed by atoms with van der Waals surface area (Å²) in [5, 5.41) is 12.7. The lowest BCUT2D eigenvalue weighted by Gasteiger charge is -2.25. The van der Waals surface area contributed by atoms with E-state index in [1.54, 1.807) is 0 Å². The van der Waals surface area contributed by atoms with Gasteiger partial charge >= 0.3 is 0 Å². The van der Waals surface area contributed by atoms with Gasteiger partial charge in [0, 0.05) is 12.6 Å². The fourth-order valence-corrected chi connectivity index (χ4v) is 2.29. The van der Waals surface area contributed by atoms with Gasteiger partial charge in [0.25, 0.3) is 0 Å². The van der Waals surface area contributed by atoms with E-state index in [0.29, 0.717) is 12.0 Å². The third-order valence-corrected chi connectivity index (χ3v) is 3.00. The van der Waals surface area contributed by atoms with Crippen molar-refractivity contribution in [1.29, 1.82) is 5.26 Å². The molecule has 0 aromatic heterocycles. The highest BCUT2D eigenvalue weighted by Crippen LogP contribution is 2.19. The number of rotatable bonds is 6. The molecule has 0 saturated carbocycles.